The third-order valence-electron chi connectivity index (χ3n) is 3.42. The molecule has 7 nitrogen and oxygen atoms in total. The van der Waals surface area contributed by atoms with Crippen LogP contribution in [0.25, 0.3) is 0 Å². The molecule has 20 heavy (non-hydrogen) atoms. The number of amides is 2. The van der Waals surface area contributed by atoms with Crippen molar-refractivity contribution in [2.75, 3.05) is 5.73 Å². The Morgan fingerprint density at radius 2 is 1.95 bits per heavy atom. The summed E-state index contributed by atoms with van der Waals surface area (Å²) in [5, 5.41) is 0. The normalized spacial score (nSPS) is 19.5. The second kappa shape index (κ2) is 4.20. The Morgan fingerprint density at radius 3 is 2.40 bits per heavy atom. The maximum absolute atomic E-state index is 12.0. The predicted molar refractivity (Wildman–Crippen MR) is 72.9 cm³/mol. The lowest BCUT2D eigenvalue weighted by Crippen LogP contribution is -2.66. The van der Waals surface area contributed by atoms with Crippen molar-refractivity contribution in [1.82, 2.24) is 4.31 Å². The highest BCUT2D eigenvalue weighted by atomic mass is 32.2. The van der Waals surface area contributed by atoms with Crippen molar-refractivity contribution in [3.63, 3.8) is 0 Å². The van der Waals surface area contributed by atoms with E-state index in [9.17, 15) is 18.0 Å². The topological polar surface area (TPSA) is 124 Å². The number of nitrogens with zero attached hydrogens (tertiary/aromatic N) is 1. The Morgan fingerprint density at radius 1 is 1.35 bits per heavy atom. The van der Waals surface area contributed by atoms with Gasteiger partial charge < -0.3 is 11.5 Å². The summed E-state index contributed by atoms with van der Waals surface area (Å²) in [6.07, 6.45) is 0. The van der Waals surface area contributed by atoms with Crippen molar-refractivity contribution in [2.24, 2.45) is 5.73 Å². The molecule has 0 saturated carbocycles. The molecule has 1 aromatic carbocycles. The van der Waals surface area contributed by atoms with E-state index in [-0.39, 0.29) is 17.8 Å². The second-order valence-electron chi connectivity index (χ2n) is 5.10. The standard InChI is InChI=1S/C12H15N3O4S/c1-12(2)11(17)15(20(12,18)19)6-8-4-3-7(10(14)16)5-9(8)13/h3-5H,6,13H2,1-2H3,(H2,14,16). The Hall–Kier alpha value is -2.09. The first kappa shape index (κ1) is 14.3. The Labute approximate surface area is 116 Å². The molecule has 0 bridgehead atoms. The zero-order chi connectivity index (χ0) is 15.3. The molecule has 8 heteroatoms. The SMILES string of the molecule is CC1(C)C(=O)N(Cc2ccc(C(N)=O)cc2N)S1(=O)=O. The summed E-state index contributed by atoms with van der Waals surface area (Å²) >= 11 is 0. The van der Waals surface area contributed by atoms with E-state index < -0.39 is 26.6 Å². The van der Waals surface area contributed by atoms with Crippen LogP contribution >= 0.6 is 0 Å². The summed E-state index contributed by atoms with van der Waals surface area (Å²) < 4.78 is 23.3. The first-order valence-electron chi connectivity index (χ1n) is 5.84. The minimum Gasteiger partial charge on any atom is -0.398 e. The third kappa shape index (κ3) is 1.83. The van der Waals surface area contributed by atoms with Gasteiger partial charge in [0.05, 0.1) is 6.54 Å². The smallest absolute Gasteiger partial charge is 0.259 e. The van der Waals surface area contributed by atoms with Crippen LogP contribution in [0.2, 0.25) is 0 Å². The molecule has 2 amide bonds. The summed E-state index contributed by atoms with van der Waals surface area (Å²) in [4.78, 5) is 22.8. The fourth-order valence-corrected chi connectivity index (χ4v) is 3.47. The summed E-state index contributed by atoms with van der Waals surface area (Å²) in [7, 11) is -3.65. The van der Waals surface area contributed by atoms with Gasteiger partial charge in [0.1, 0.15) is 0 Å². The van der Waals surface area contributed by atoms with Crippen molar-refractivity contribution in [3.8, 4) is 0 Å². The second-order valence-corrected chi connectivity index (χ2v) is 7.52. The lowest BCUT2D eigenvalue weighted by Gasteiger charge is -2.43. The number of sulfonamides is 1. The molecule has 0 aliphatic carbocycles. The molecule has 0 unspecified atom stereocenters. The van der Waals surface area contributed by atoms with Crippen molar-refractivity contribution < 1.29 is 18.0 Å². The minimum absolute atomic E-state index is 0.143. The Balaban J connectivity index is 2.29. The lowest BCUT2D eigenvalue weighted by atomic mass is 10.1. The molecule has 1 aromatic rings. The van der Waals surface area contributed by atoms with E-state index in [1.165, 1.54) is 32.0 Å². The van der Waals surface area contributed by atoms with E-state index in [1.54, 1.807) is 0 Å². The van der Waals surface area contributed by atoms with Crippen LogP contribution in [0.5, 0.6) is 0 Å². The largest absolute Gasteiger partial charge is 0.398 e. The Kier molecular flexibility index (Phi) is 3.01. The molecule has 1 aliphatic heterocycles. The van der Waals surface area contributed by atoms with E-state index in [0.717, 1.165) is 4.31 Å². The molecular formula is C12H15N3O4S. The van der Waals surface area contributed by atoms with Gasteiger partial charge >= 0.3 is 0 Å². The molecule has 0 aromatic heterocycles. The van der Waals surface area contributed by atoms with Crippen LogP contribution in [0.3, 0.4) is 0 Å². The first-order chi connectivity index (χ1) is 9.09. The average molecular weight is 297 g/mol. The molecular weight excluding hydrogens is 282 g/mol. The highest BCUT2D eigenvalue weighted by Crippen LogP contribution is 2.36. The highest BCUT2D eigenvalue weighted by molar-refractivity contribution is 7.94. The highest BCUT2D eigenvalue weighted by Gasteiger charge is 2.59. The molecule has 4 N–H and O–H groups in total. The first-order valence-corrected chi connectivity index (χ1v) is 7.28. The summed E-state index contributed by atoms with van der Waals surface area (Å²) in [5.74, 6) is -1.10. The Bertz CT molecular complexity index is 709. The number of nitrogens with two attached hydrogens (primary N) is 2. The van der Waals surface area contributed by atoms with E-state index in [1.807, 2.05) is 0 Å². The summed E-state index contributed by atoms with van der Waals surface area (Å²) in [6, 6.07) is 4.29. The zero-order valence-electron chi connectivity index (χ0n) is 11.1. The third-order valence-corrected chi connectivity index (χ3v) is 5.76. The number of carbonyl (C=O) groups excluding carboxylic acids is 2. The van der Waals surface area contributed by atoms with Crippen molar-refractivity contribution in [3.05, 3.63) is 29.3 Å². The summed E-state index contributed by atoms with van der Waals surface area (Å²) in [5.41, 5.74) is 11.8. The average Bonchev–Trinajstić information content (AvgIpc) is 2.35. The number of carbonyl (C=O) groups is 2. The maximum Gasteiger partial charge on any atom is 0.259 e. The maximum atomic E-state index is 12.0. The van der Waals surface area contributed by atoms with E-state index in [4.69, 9.17) is 11.5 Å². The van der Waals surface area contributed by atoms with Gasteiger partial charge in [-0.1, -0.05) is 6.07 Å². The number of anilines is 1. The predicted octanol–water partition coefficient (Wildman–Crippen LogP) is -0.182. The summed E-state index contributed by atoms with van der Waals surface area (Å²) in [6.45, 7) is 2.58. The number of rotatable bonds is 3. The molecule has 108 valence electrons. The van der Waals surface area contributed by atoms with E-state index in [2.05, 4.69) is 0 Å². The number of primary amides is 1. The number of benzene rings is 1. The number of hydrogen-bond donors (Lipinski definition) is 2. The van der Waals surface area contributed by atoms with Gasteiger partial charge in [-0.3, -0.25) is 9.59 Å². The van der Waals surface area contributed by atoms with Gasteiger partial charge in [0.15, 0.2) is 4.75 Å². The van der Waals surface area contributed by atoms with Gasteiger partial charge in [-0.2, -0.15) is 0 Å². The molecule has 0 radical (unpaired) electrons. The van der Waals surface area contributed by atoms with Crippen LogP contribution in [-0.2, 0) is 21.4 Å². The van der Waals surface area contributed by atoms with Crippen LogP contribution in [0.4, 0.5) is 5.69 Å². The fraction of sp³-hybridized carbons (Fsp3) is 0.333. The molecule has 1 aliphatic rings. The van der Waals surface area contributed by atoms with Crippen molar-refractivity contribution in [2.45, 2.75) is 25.1 Å². The van der Waals surface area contributed by atoms with Gasteiger partial charge in [-0.25, -0.2) is 12.7 Å². The van der Waals surface area contributed by atoms with Gasteiger partial charge in [0.25, 0.3) is 15.9 Å². The fourth-order valence-electron chi connectivity index (χ4n) is 1.96. The van der Waals surface area contributed by atoms with Crippen LogP contribution in [-0.4, -0.2) is 29.3 Å². The zero-order valence-corrected chi connectivity index (χ0v) is 11.9. The van der Waals surface area contributed by atoms with Crippen LogP contribution in [0.1, 0.15) is 29.8 Å². The van der Waals surface area contributed by atoms with Gasteiger partial charge in [-0.05, 0) is 31.5 Å². The minimum atomic E-state index is -3.65. The van der Waals surface area contributed by atoms with Gasteiger partial charge in [0, 0.05) is 11.3 Å². The molecule has 0 atom stereocenters. The molecule has 1 fully saturated rings. The molecule has 1 heterocycles. The monoisotopic (exact) mass is 297 g/mol. The van der Waals surface area contributed by atoms with Gasteiger partial charge in [0.2, 0.25) is 5.91 Å². The molecule has 2 rings (SSSR count). The lowest BCUT2D eigenvalue weighted by molar-refractivity contribution is -0.132. The van der Waals surface area contributed by atoms with Crippen LogP contribution in [0.15, 0.2) is 18.2 Å². The van der Waals surface area contributed by atoms with Crippen molar-refractivity contribution >= 4 is 27.5 Å². The van der Waals surface area contributed by atoms with E-state index >= 15 is 0 Å². The number of nitrogen functional groups attached to an aromatic ring is 1. The van der Waals surface area contributed by atoms with Crippen molar-refractivity contribution in [1.29, 1.82) is 0 Å². The van der Waals surface area contributed by atoms with E-state index in [0.29, 0.717) is 5.56 Å². The quantitative estimate of drug-likeness (QED) is 0.749. The van der Waals surface area contributed by atoms with Gasteiger partial charge in [-0.15, -0.1) is 0 Å². The number of hydrogen-bond acceptors (Lipinski definition) is 5. The molecule has 0 spiro atoms. The molecule has 1 saturated heterocycles. The van der Waals surface area contributed by atoms with Crippen LogP contribution in [0, 0.1) is 0 Å². The van der Waals surface area contributed by atoms with Crippen LogP contribution < -0.4 is 11.5 Å².